The minimum atomic E-state index is -0.638. The van der Waals surface area contributed by atoms with E-state index in [2.05, 4.69) is 29.4 Å². The maximum atomic E-state index is 13.4. The van der Waals surface area contributed by atoms with Gasteiger partial charge < -0.3 is 4.84 Å². The third-order valence-corrected chi connectivity index (χ3v) is 5.91. The largest absolute Gasteiger partial charge is 0.365 e. The Morgan fingerprint density at radius 1 is 0.967 bits per heavy atom. The van der Waals surface area contributed by atoms with Crippen molar-refractivity contribution in [3.05, 3.63) is 105 Å². The van der Waals surface area contributed by atoms with E-state index in [1.807, 2.05) is 6.92 Å². The first-order valence-corrected chi connectivity index (χ1v) is 10.2. The second kappa shape index (κ2) is 8.58. The predicted molar refractivity (Wildman–Crippen MR) is 117 cm³/mol. The topological polar surface area (TPSA) is 38.7 Å². The first kappa shape index (κ1) is 20.6. The van der Waals surface area contributed by atoms with Gasteiger partial charge in [-0.15, -0.1) is 0 Å². The predicted octanol–water partition coefficient (Wildman–Crippen LogP) is 6.81. The quantitative estimate of drug-likeness (QED) is 0.248. The summed E-state index contributed by atoms with van der Waals surface area (Å²) in [5, 5.41) is 4.79. The van der Waals surface area contributed by atoms with E-state index < -0.39 is 5.97 Å². The van der Waals surface area contributed by atoms with E-state index in [0.717, 1.165) is 12.0 Å². The fourth-order valence-electron chi connectivity index (χ4n) is 3.40. The number of aryl methyl sites for hydroxylation is 1. The summed E-state index contributed by atoms with van der Waals surface area (Å²) in [6, 6.07) is 18.9. The average Bonchev–Trinajstić information content (AvgIpc) is 3.52. The number of oxime groups is 1. The molecule has 6 heteroatoms. The zero-order chi connectivity index (χ0) is 21.3. The lowest BCUT2D eigenvalue weighted by atomic mass is 10.0. The number of rotatable bonds is 5. The molecule has 1 saturated carbocycles. The summed E-state index contributed by atoms with van der Waals surface area (Å²) in [6.45, 7) is 2.04. The Labute approximate surface area is 184 Å². The number of benzene rings is 3. The summed E-state index contributed by atoms with van der Waals surface area (Å²) < 4.78 is 13.4. The minimum Gasteiger partial charge on any atom is -0.313 e. The van der Waals surface area contributed by atoms with Crippen LogP contribution in [0.2, 0.25) is 10.0 Å². The van der Waals surface area contributed by atoms with E-state index in [4.69, 9.17) is 28.0 Å². The Kier molecular flexibility index (Phi) is 5.89. The van der Waals surface area contributed by atoms with Crippen molar-refractivity contribution < 1.29 is 14.0 Å². The minimum absolute atomic E-state index is 0.0831. The number of hydrogen-bond acceptors (Lipinski definition) is 3. The molecule has 1 aliphatic rings. The van der Waals surface area contributed by atoms with E-state index >= 15 is 0 Å². The highest BCUT2D eigenvalue weighted by molar-refractivity contribution is 6.42. The molecule has 0 bridgehead atoms. The van der Waals surface area contributed by atoms with Crippen LogP contribution in [0, 0.1) is 18.7 Å². The van der Waals surface area contributed by atoms with Crippen molar-refractivity contribution in [1.29, 1.82) is 0 Å². The molecule has 0 spiro atoms. The molecule has 3 aromatic rings. The van der Waals surface area contributed by atoms with Crippen molar-refractivity contribution in [2.24, 2.45) is 11.1 Å². The molecule has 152 valence electrons. The normalized spacial score (nSPS) is 18.2. The van der Waals surface area contributed by atoms with Gasteiger partial charge in [0.2, 0.25) is 0 Å². The third-order valence-electron chi connectivity index (χ3n) is 5.17. The highest BCUT2D eigenvalue weighted by Crippen LogP contribution is 2.49. The molecule has 2 atom stereocenters. The van der Waals surface area contributed by atoms with Gasteiger partial charge in [0, 0.05) is 5.92 Å². The van der Waals surface area contributed by atoms with Gasteiger partial charge in [0.1, 0.15) is 5.82 Å². The van der Waals surface area contributed by atoms with E-state index in [1.54, 1.807) is 12.1 Å². The second-order valence-corrected chi connectivity index (χ2v) is 8.16. The highest BCUT2D eigenvalue weighted by Gasteiger charge is 2.43. The van der Waals surface area contributed by atoms with E-state index in [9.17, 15) is 9.18 Å². The fraction of sp³-hybridized carbons (Fsp3) is 0.167. The lowest BCUT2D eigenvalue weighted by molar-refractivity contribution is 0.0515. The Bertz CT molecular complexity index is 1110. The molecular weight excluding hydrogens is 424 g/mol. The van der Waals surface area contributed by atoms with Gasteiger partial charge in [0.05, 0.1) is 21.3 Å². The molecule has 0 saturated heterocycles. The molecule has 30 heavy (non-hydrogen) atoms. The van der Waals surface area contributed by atoms with Crippen LogP contribution < -0.4 is 0 Å². The van der Waals surface area contributed by atoms with Gasteiger partial charge in [-0.2, -0.15) is 0 Å². The van der Waals surface area contributed by atoms with Crippen molar-refractivity contribution in [3.8, 4) is 0 Å². The van der Waals surface area contributed by atoms with Gasteiger partial charge >= 0.3 is 5.97 Å². The van der Waals surface area contributed by atoms with Gasteiger partial charge in [-0.05, 0) is 60.7 Å². The van der Waals surface area contributed by atoms with Crippen LogP contribution in [0.15, 0.2) is 71.9 Å². The summed E-state index contributed by atoms with van der Waals surface area (Å²) >= 11 is 11.9. The van der Waals surface area contributed by atoms with E-state index in [-0.39, 0.29) is 28.2 Å². The smallest absolute Gasteiger partial charge is 0.313 e. The van der Waals surface area contributed by atoms with E-state index in [0.29, 0.717) is 10.7 Å². The summed E-state index contributed by atoms with van der Waals surface area (Å²) in [6.07, 6.45) is 0.879. The summed E-state index contributed by atoms with van der Waals surface area (Å²) in [5.74, 6) is -0.615. The Hall–Kier alpha value is -2.69. The Balaban J connectivity index is 1.59. The Morgan fingerprint density at radius 2 is 1.63 bits per heavy atom. The van der Waals surface area contributed by atoms with Gasteiger partial charge in [-0.1, -0.05) is 70.3 Å². The Morgan fingerprint density at radius 3 is 2.30 bits per heavy atom. The van der Waals surface area contributed by atoms with Crippen molar-refractivity contribution in [2.45, 2.75) is 19.3 Å². The second-order valence-electron chi connectivity index (χ2n) is 7.35. The van der Waals surface area contributed by atoms with Crippen LogP contribution in [-0.2, 0) is 4.84 Å². The number of carbonyl (C=O) groups is 1. The molecule has 0 amide bonds. The van der Waals surface area contributed by atoms with Crippen LogP contribution in [0.5, 0.6) is 0 Å². The van der Waals surface area contributed by atoms with Crippen LogP contribution in [0.4, 0.5) is 4.39 Å². The lowest BCUT2D eigenvalue weighted by Crippen LogP contribution is -2.09. The number of carbonyl (C=O) groups excluding carboxylic acids is 1. The summed E-state index contributed by atoms with van der Waals surface area (Å²) in [5.41, 5.74) is 3.99. The van der Waals surface area contributed by atoms with Crippen LogP contribution >= 0.6 is 23.2 Å². The molecule has 4 rings (SSSR count). The summed E-state index contributed by atoms with van der Waals surface area (Å²) in [7, 11) is 0. The monoisotopic (exact) mass is 441 g/mol. The number of nitrogens with zero attached hydrogens (tertiary/aromatic N) is 1. The maximum Gasteiger partial charge on any atom is 0.365 e. The van der Waals surface area contributed by atoms with Crippen molar-refractivity contribution in [3.63, 3.8) is 0 Å². The van der Waals surface area contributed by atoms with Crippen LogP contribution in [0.1, 0.15) is 39.4 Å². The highest BCUT2D eigenvalue weighted by atomic mass is 35.5. The van der Waals surface area contributed by atoms with Crippen molar-refractivity contribution in [2.75, 3.05) is 0 Å². The SMILES string of the molecule is Cc1ccc([C@@H]2C[C@@H]2/C(=N\OC(=O)c2ccc(Cl)c(Cl)c2)c2ccc(F)cc2)cc1. The average molecular weight is 442 g/mol. The van der Waals surface area contributed by atoms with Crippen molar-refractivity contribution >= 4 is 34.9 Å². The molecule has 1 fully saturated rings. The molecule has 0 unspecified atom stereocenters. The fourth-order valence-corrected chi connectivity index (χ4v) is 3.70. The maximum absolute atomic E-state index is 13.4. The van der Waals surface area contributed by atoms with Gasteiger partial charge in [-0.25, -0.2) is 9.18 Å². The molecule has 1 aliphatic carbocycles. The first-order chi connectivity index (χ1) is 14.4. The van der Waals surface area contributed by atoms with Gasteiger partial charge in [0.15, 0.2) is 0 Å². The molecule has 3 nitrogen and oxygen atoms in total. The molecule has 0 aliphatic heterocycles. The molecule has 0 heterocycles. The van der Waals surface area contributed by atoms with Crippen LogP contribution in [-0.4, -0.2) is 11.7 Å². The van der Waals surface area contributed by atoms with Crippen LogP contribution in [0.3, 0.4) is 0 Å². The number of halogens is 3. The van der Waals surface area contributed by atoms with Gasteiger partial charge in [-0.3, -0.25) is 0 Å². The molecule has 3 aromatic carbocycles. The number of hydrogen-bond donors (Lipinski definition) is 0. The third kappa shape index (κ3) is 4.55. The van der Waals surface area contributed by atoms with Crippen LogP contribution in [0.25, 0.3) is 0 Å². The molecule has 0 aromatic heterocycles. The van der Waals surface area contributed by atoms with E-state index in [1.165, 1.54) is 41.5 Å². The zero-order valence-corrected chi connectivity index (χ0v) is 17.6. The molecule has 0 radical (unpaired) electrons. The summed E-state index contributed by atoms with van der Waals surface area (Å²) in [4.78, 5) is 17.7. The standard InChI is InChI=1S/C24H18Cl2FNO2/c1-14-2-4-15(5-3-14)19-13-20(19)23(16-6-9-18(27)10-7-16)28-30-24(29)17-8-11-21(25)22(26)12-17/h2-12,19-20H,13H2,1H3/b28-23-/t19-,20-/m0/s1. The van der Waals surface area contributed by atoms with Gasteiger partial charge in [0.25, 0.3) is 0 Å². The molecular formula is C24H18Cl2FNO2. The van der Waals surface area contributed by atoms with Crippen molar-refractivity contribution in [1.82, 2.24) is 0 Å². The molecule has 0 N–H and O–H groups in total. The first-order valence-electron chi connectivity index (χ1n) is 9.49. The zero-order valence-electron chi connectivity index (χ0n) is 16.1. The lowest BCUT2D eigenvalue weighted by Gasteiger charge is -2.08.